The standard InChI is InChI=1S/C25H25N3O3/c1-2-28-21-12-20(16-6-4-3-5-7-16)23(27-24(21)31-15-22(28)30)17-8-10-18(11-9-17)25(26)13-19(29)14-25/h3-12,19,29H,2,13-15,26H2,1H3/t19-,25+. The zero-order chi connectivity index (χ0) is 21.6. The maximum absolute atomic E-state index is 12.3. The van der Waals surface area contributed by atoms with Gasteiger partial charge in [0.25, 0.3) is 5.91 Å². The Hall–Kier alpha value is -3.22. The van der Waals surface area contributed by atoms with Gasteiger partial charge in [-0.05, 0) is 37.0 Å². The van der Waals surface area contributed by atoms with Crippen LogP contribution in [0, 0.1) is 0 Å². The number of hydrogen-bond acceptors (Lipinski definition) is 5. The Morgan fingerprint density at radius 2 is 1.84 bits per heavy atom. The van der Waals surface area contributed by atoms with Gasteiger partial charge in [0.05, 0.1) is 11.8 Å². The van der Waals surface area contributed by atoms with Crippen LogP contribution in [0.5, 0.6) is 5.88 Å². The minimum Gasteiger partial charge on any atom is -0.466 e. The van der Waals surface area contributed by atoms with Gasteiger partial charge in [0.1, 0.15) is 5.69 Å². The lowest BCUT2D eigenvalue weighted by molar-refractivity contribution is -0.121. The molecule has 5 rings (SSSR count). The first-order chi connectivity index (χ1) is 15.0. The van der Waals surface area contributed by atoms with E-state index in [2.05, 4.69) is 0 Å². The second-order valence-electron chi connectivity index (χ2n) is 8.30. The summed E-state index contributed by atoms with van der Waals surface area (Å²) >= 11 is 0. The van der Waals surface area contributed by atoms with Crippen LogP contribution in [-0.4, -0.2) is 35.3 Å². The zero-order valence-electron chi connectivity index (χ0n) is 17.4. The number of aliphatic hydroxyl groups is 1. The van der Waals surface area contributed by atoms with Gasteiger partial charge in [-0.3, -0.25) is 4.79 Å². The molecule has 1 fully saturated rings. The highest BCUT2D eigenvalue weighted by Crippen LogP contribution is 2.42. The summed E-state index contributed by atoms with van der Waals surface area (Å²) in [6.45, 7) is 2.50. The van der Waals surface area contributed by atoms with Crippen LogP contribution in [0.4, 0.5) is 5.69 Å². The van der Waals surface area contributed by atoms with Crippen LogP contribution in [0.1, 0.15) is 25.3 Å². The number of fused-ring (bicyclic) bond motifs is 1. The van der Waals surface area contributed by atoms with E-state index in [-0.39, 0.29) is 18.6 Å². The third kappa shape index (κ3) is 3.38. The maximum atomic E-state index is 12.3. The molecule has 0 saturated heterocycles. The first kappa shape index (κ1) is 19.7. The number of likely N-dealkylation sites (N-methyl/N-ethyl adjacent to an activating group) is 1. The number of nitrogens with two attached hydrogens (primary N) is 1. The van der Waals surface area contributed by atoms with Gasteiger partial charge >= 0.3 is 0 Å². The molecule has 2 aromatic carbocycles. The number of carbonyl (C=O) groups excluding carboxylic acids is 1. The van der Waals surface area contributed by atoms with Crippen LogP contribution >= 0.6 is 0 Å². The number of anilines is 1. The average molecular weight is 415 g/mol. The second kappa shape index (κ2) is 7.48. The predicted molar refractivity (Wildman–Crippen MR) is 120 cm³/mol. The van der Waals surface area contributed by atoms with Crippen molar-refractivity contribution in [1.29, 1.82) is 0 Å². The van der Waals surface area contributed by atoms with Crippen LogP contribution in [0.3, 0.4) is 0 Å². The van der Waals surface area contributed by atoms with Crippen molar-refractivity contribution >= 4 is 11.6 Å². The summed E-state index contributed by atoms with van der Waals surface area (Å²) < 4.78 is 5.69. The van der Waals surface area contributed by atoms with E-state index in [1.807, 2.05) is 67.6 Å². The number of aliphatic hydroxyl groups excluding tert-OH is 1. The first-order valence-electron chi connectivity index (χ1n) is 10.6. The highest BCUT2D eigenvalue weighted by atomic mass is 16.5. The van der Waals surface area contributed by atoms with Crippen LogP contribution in [0.15, 0.2) is 60.7 Å². The molecule has 0 bridgehead atoms. The van der Waals surface area contributed by atoms with E-state index in [1.54, 1.807) is 4.90 Å². The third-order valence-corrected chi connectivity index (χ3v) is 6.23. The van der Waals surface area contributed by atoms with E-state index >= 15 is 0 Å². The number of nitrogens with zero attached hydrogens (tertiary/aromatic N) is 2. The van der Waals surface area contributed by atoms with E-state index in [4.69, 9.17) is 15.5 Å². The van der Waals surface area contributed by atoms with Crippen molar-refractivity contribution in [3.63, 3.8) is 0 Å². The molecule has 1 amide bonds. The topological polar surface area (TPSA) is 88.7 Å². The Morgan fingerprint density at radius 1 is 1.13 bits per heavy atom. The number of amides is 1. The van der Waals surface area contributed by atoms with Gasteiger partial charge in [-0.1, -0.05) is 54.6 Å². The fraction of sp³-hybridized carbons (Fsp3) is 0.280. The van der Waals surface area contributed by atoms with E-state index < -0.39 is 5.54 Å². The number of benzene rings is 2. The highest BCUT2D eigenvalue weighted by Gasteiger charge is 2.41. The van der Waals surface area contributed by atoms with Gasteiger partial charge in [0.2, 0.25) is 5.88 Å². The lowest BCUT2D eigenvalue weighted by Crippen LogP contribution is -2.51. The van der Waals surface area contributed by atoms with Gasteiger partial charge in [0.15, 0.2) is 6.61 Å². The summed E-state index contributed by atoms with van der Waals surface area (Å²) in [5.74, 6) is 0.404. The average Bonchev–Trinajstić information content (AvgIpc) is 2.78. The first-order valence-corrected chi connectivity index (χ1v) is 10.6. The summed E-state index contributed by atoms with van der Waals surface area (Å²) in [5, 5.41) is 9.68. The van der Waals surface area contributed by atoms with Gasteiger partial charge in [0, 0.05) is 23.2 Å². The molecule has 158 valence electrons. The maximum Gasteiger partial charge on any atom is 0.265 e. The smallest absolute Gasteiger partial charge is 0.265 e. The Bertz CT molecular complexity index is 1120. The molecule has 6 heteroatoms. The van der Waals surface area contributed by atoms with Crippen molar-refractivity contribution in [1.82, 2.24) is 4.98 Å². The molecule has 2 aliphatic rings. The van der Waals surface area contributed by atoms with Gasteiger partial charge in [-0.25, -0.2) is 4.98 Å². The fourth-order valence-corrected chi connectivity index (χ4v) is 4.51. The Balaban J connectivity index is 1.62. The lowest BCUT2D eigenvalue weighted by Gasteiger charge is -2.42. The molecular formula is C25H25N3O3. The molecule has 0 radical (unpaired) electrons. The molecule has 2 heterocycles. The molecule has 3 aromatic rings. The van der Waals surface area contributed by atoms with Crippen molar-refractivity contribution in [2.24, 2.45) is 5.73 Å². The molecule has 6 nitrogen and oxygen atoms in total. The lowest BCUT2D eigenvalue weighted by atomic mass is 9.70. The number of rotatable bonds is 4. The van der Waals surface area contributed by atoms with Crippen LogP contribution < -0.4 is 15.4 Å². The van der Waals surface area contributed by atoms with Gasteiger partial charge in [-0.15, -0.1) is 0 Å². The monoisotopic (exact) mass is 415 g/mol. The second-order valence-corrected chi connectivity index (χ2v) is 8.30. The third-order valence-electron chi connectivity index (χ3n) is 6.23. The van der Waals surface area contributed by atoms with Gasteiger partial charge in [-0.2, -0.15) is 0 Å². The minimum atomic E-state index is -0.464. The molecule has 1 aliphatic carbocycles. The fourth-order valence-electron chi connectivity index (χ4n) is 4.51. The molecule has 1 saturated carbocycles. The van der Waals surface area contributed by atoms with Crippen molar-refractivity contribution in [3.8, 4) is 28.3 Å². The molecule has 1 aliphatic heterocycles. The molecule has 0 unspecified atom stereocenters. The zero-order valence-corrected chi connectivity index (χ0v) is 17.4. The number of pyridine rings is 1. The largest absolute Gasteiger partial charge is 0.466 e. The Labute approximate surface area is 181 Å². The van der Waals surface area contributed by atoms with E-state index in [0.29, 0.717) is 31.0 Å². The summed E-state index contributed by atoms with van der Waals surface area (Å²) in [6, 6.07) is 20.1. The van der Waals surface area contributed by atoms with Crippen molar-refractivity contribution < 1.29 is 14.6 Å². The quantitative estimate of drug-likeness (QED) is 0.681. The van der Waals surface area contributed by atoms with Crippen molar-refractivity contribution in [2.75, 3.05) is 18.1 Å². The molecule has 0 spiro atoms. The summed E-state index contributed by atoms with van der Waals surface area (Å²) in [6.07, 6.45) is 0.832. The van der Waals surface area contributed by atoms with Crippen LogP contribution in [0.2, 0.25) is 0 Å². The SMILES string of the molecule is CCN1C(=O)COc2nc(-c3ccc([C@]4(N)C[C@@H](O)C4)cc3)c(-c3ccccc3)cc21. The minimum absolute atomic E-state index is 0.00504. The molecule has 31 heavy (non-hydrogen) atoms. The van der Waals surface area contributed by atoms with Crippen LogP contribution in [-0.2, 0) is 10.3 Å². The van der Waals surface area contributed by atoms with E-state index in [9.17, 15) is 9.90 Å². The number of hydrogen-bond donors (Lipinski definition) is 2. The summed E-state index contributed by atoms with van der Waals surface area (Å²) in [4.78, 5) is 18.9. The number of carbonyl (C=O) groups is 1. The predicted octanol–water partition coefficient (Wildman–Crippen LogP) is 3.47. The van der Waals surface area contributed by atoms with Crippen molar-refractivity contribution in [2.45, 2.75) is 31.4 Å². The molecule has 3 N–H and O–H groups in total. The Morgan fingerprint density at radius 3 is 2.48 bits per heavy atom. The number of aromatic nitrogens is 1. The molecule has 1 aromatic heterocycles. The molecule has 0 atom stereocenters. The normalized spacial score (nSPS) is 22.5. The van der Waals surface area contributed by atoms with Crippen molar-refractivity contribution in [3.05, 3.63) is 66.2 Å². The van der Waals surface area contributed by atoms with Gasteiger partial charge < -0.3 is 20.5 Å². The summed E-state index contributed by atoms with van der Waals surface area (Å²) in [7, 11) is 0. The van der Waals surface area contributed by atoms with E-state index in [0.717, 1.165) is 27.9 Å². The number of ether oxygens (including phenoxy) is 1. The highest BCUT2D eigenvalue weighted by molar-refractivity contribution is 5.99. The molecular weight excluding hydrogens is 390 g/mol. The Kier molecular flexibility index (Phi) is 4.76. The summed E-state index contributed by atoms with van der Waals surface area (Å²) in [5.41, 5.74) is 11.4. The van der Waals surface area contributed by atoms with E-state index in [1.165, 1.54) is 0 Å². The van der Waals surface area contributed by atoms with Crippen LogP contribution in [0.25, 0.3) is 22.4 Å².